The second-order valence-corrected chi connectivity index (χ2v) is 3.72. The van der Waals surface area contributed by atoms with E-state index in [-0.39, 0.29) is 11.9 Å². The molecule has 1 unspecified atom stereocenters. The molecule has 1 amide bonds. The van der Waals surface area contributed by atoms with Crippen LogP contribution in [0.15, 0.2) is 36.7 Å². The predicted molar refractivity (Wildman–Crippen MR) is 58.3 cm³/mol. The van der Waals surface area contributed by atoms with E-state index < -0.39 is 0 Å². The van der Waals surface area contributed by atoms with Crippen LogP contribution in [0.5, 0.6) is 0 Å². The fourth-order valence-corrected chi connectivity index (χ4v) is 1.89. The number of carbonyl (C=O) groups is 1. The molecule has 1 aromatic carbocycles. The molecule has 0 spiro atoms. The van der Waals surface area contributed by atoms with Gasteiger partial charge in [-0.05, 0) is 19.1 Å². The van der Waals surface area contributed by atoms with Crippen LogP contribution in [-0.4, -0.2) is 20.7 Å². The Bertz CT molecular complexity index is 534. The van der Waals surface area contributed by atoms with Crippen LogP contribution in [0.4, 0.5) is 11.6 Å². The van der Waals surface area contributed by atoms with E-state index in [0.29, 0.717) is 5.95 Å². The summed E-state index contributed by atoms with van der Waals surface area (Å²) in [6.07, 6.45) is 1.58. The van der Waals surface area contributed by atoms with Crippen molar-refractivity contribution in [2.45, 2.75) is 13.0 Å². The second kappa shape index (κ2) is 3.16. The monoisotopic (exact) mass is 214 g/mol. The van der Waals surface area contributed by atoms with Gasteiger partial charge < -0.3 is 0 Å². The molecule has 0 N–H and O–H groups in total. The van der Waals surface area contributed by atoms with E-state index in [4.69, 9.17) is 0 Å². The molecule has 1 aliphatic rings. The van der Waals surface area contributed by atoms with Crippen molar-refractivity contribution in [3.8, 4) is 0 Å². The average Bonchev–Trinajstić information content (AvgIpc) is 2.86. The summed E-state index contributed by atoms with van der Waals surface area (Å²) in [5.41, 5.74) is 0.825. The van der Waals surface area contributed by atoms with Crippen LogP contribution in [0.2, 0.25) is 0 Å². The Kier molecular flexibility index (Phi) is 1.80. The minimum atomic E-state index is -0.231. The van der Waals surface area contributed by atoms with Gasteiger partial charge in [-0.25, -0.2) is 4.90 Å². The number of rotatable bonds is 1. The zero-order chi connectivity index (χ0) is 11.1. The van der Waals surface area contributed by atoms with Gasteiger partial charge in [-0.2, -0.15) is 0 Å². The molecule has 1 atom stereocenters. The van der Waals surface area contributed by atoms with Crippen LogP contribution in [0, 0.1) is 0 Å². The van der Waals surface area contributed by atoms with E-state index in [1.54, 1.807) is 15.8 Å². The van der Waals surface area contributed by atoms with E-state index >= 15 is 0 Å². The molecular weight excluding hydrogens is 204 g/mol. The summed E-state index contributed by atoms with van der Waals surface area (Å²) < 4.78 is 1.77. The van der Waals surface area contributed by atoms with E-state index in [1.165, 1.54) is 0 Å². The second-order valence-electron chi connectivity index (χ2n) is 3.72. The van der Waals surface area contributed by atoms with Crippen molar-refractivity contribution in [2.24, 2.45) is 0 Å². The Labute approximate surface area is 92.3 Å². The van der Waals surface area contributed by atoms with Gasteiger partial charge in [0, 0.05) is 0 Å². The molecule has 0 radical (unpaired) electrons. The largest absolute Gasteiger partial charge is 0.287 e. The molecule has 0 bridgehead atoms. The zero-order valence-corrected chi connectivity index (χ0v) is 8.74. The first-order valence-electron chi connectivity index (χ1n) is 5.07. The highest BCUT2D eigenvalue weighted by Crippen LogP contribution is 2.33. The summed E-state index contributed by atoms with van der Waals surface area (Å²) in [5, 5.41) is 7.80. The van der Waals surface area contributed by atoms with Crippen molar-refractivity contribution in [1.82, 2.24) is 14.8 Å². The molecule has 80 valence electrons. The van der Waals surface area contributed by atoms with Crippen LogP contribution in [-0.2, 0) is 4.79 Å². The van der Waals surface area contributed by atoms with E-state index in [0.717, 1.165) is 5.69 Å². The quantitative estimate of drug-likeness (QED) is 0.723. The summed E-state index contributed by atoms with van der Waals surface area (Å²) in [4.78, 5) is 13.7. The summed E-state index contributed by atoms with van der Waals surface area (Å²) in [5.74, 6) is 0.611. The van der Waals surface area contributed by atoms with Crippen molar-refractivity contribution >= 4 is 17.5 Å². The Morgan fingerprint density at radius 3 is 2.75 bits per heavy atom. The first-order chi connectivity index (χ1) is 7.79. The molecule has 0 saturated carbocycles. The number of aromatic nitrogens is 3. The van der Waals surface area contributed by atoms with Crippen LogP contribution < -0.4 is 4.90 Å². The summed E-state index contributed by atoms with van der Waals surface area (Å²) >= 11 is 0. The predicted octanol–water partition coefficient (Wildman–Crippen LogP) is 1.52. The van der Waals surface area contributed by atoms with Gasteiger partial charge in [-0.1, -0.05) is 18.2 Å². The third-order valence-electron chi connectivity index (χ3n) is 2.76. The number of nitrogens with zero attached hydrogens (tertiary/aromatic N) is 4. The maximum absolute atomic E-state index is 12.1. The number of hydrogen-bond acceptors (Lipinski definition) is 3. The van der Waals surface area contributed by atoms with Crippen molar-refractivity contribution < 1.29 is 4.79 Å². The number of amides is 1. The van der Waals surface area contributed by atoms with Crippen molar-refractivity contribution in [3.05, 3.63) is 36.7 Å². The number of fused-ring (bicyclic) bond motifs is 1. The summed E-state index contributed by atoms with van der Waals surface area (Å²) in [6, 6.07) is 9.24. The number of benzene rings is 1. The molecular formula is C11H10N4O. The molecule has 1 aromatic heterocycles. The molecule has 3 rings (SSSR count). The molecule has 0 aliphatic carbocycles. The standard InChI is InChI=1S/C11H10N4O/c1-8-10(16)15(9-5-3-2-4-6-9)11-13-12-7-14(8)11/h2-8H,1H3. The highest BCUT2D eigenvalue weighted by atomic mass is 16.2. The topological polar surface area (TPSA) is 51.0 Å². The van der Waals surface area contributed by atoms with E-state index in [2.05, 4.69) is 10.2 Å². The fraction of sp³-hybridized carbons (Fsp3) is 0.182. The SMILES string of the molecule is CC1C(=O)N(c2ccccc2)c2nncn21. The number of carbonyl (C=O) groups excluding carboxylic acids is 1. The highest BCUT2D eigenvalue weighted by molar-refractivity contribution is 6.04. The maximum atomic E-state index is 12.1. The van der Waals surface area contributed by atoms with Crippen molar-refractivity contribution in [1.29, 1.82) is 0 Å². The zero-order valence-electron chi connectivity index (χ0n) is 8.74. The van der Waals surface area contributed by atoms with Gasteiger partial charge >= 0.3 is 0 Å². The lowest BCUT2D eigenvalue weighted by molar-refractivity contribution is -0.119. The molecule has 16 heavy (non-hydrogen) atoms. The third-order valence-corrected chi connectivity index (χ3v) is 2.76. The number of anilines is 2. The molecule has 0 fully saturated rings. The van der Waals surface area contributed by atoms with Gasteiger partial charge in [0.2, 0.25) is 5.95 Å². The maximum Gasteiger partial charge on any atom is 0.256 e. The minimum Gasteiger partial charge on any atom is -0.287 e. The number of hydrogen-bond donors (Lipinski definition) is 0. The molecule has 2 heterocycles. The Balaban J connectivity index is 2.14. The summed E-state index contributed by atoms with van der Waals surface area (Å²) in [6.45, 7) is 1.85. The lowest BCUT2D eigenvalue weighted by Gasteiger charge is -2.13. The van der Waals surface area contributed by atoms with Crippen molar-refractivity contribution in [2.75, 3.05) is 4.90 Å². The minimum absolute atomic E-state index is 0.0242. The molecule has 5 nitrogen and oxygen atoms in total. The summed E-state index contributed by atoms with van der Waals surface area (Å²) in [7, 11) is 0. The van der Waals surface area contributed by atoms with Crippen LogP contribution in [0.1, 0.15) is 13.0 Å². The smallest absolute Gasteiger partial charge is 0.256 e. The van der Waals surface area contributed by atoms with E-state index in [1.807, 2.05) is 37.3 Å². The molecule has 1 aliphatic heterocycles. The van der Waals surface area contributed by atoms with Crippen molar-refractivity contribution in [3.63, 3.8) is 0 Å². The van der Waals surface area contributed by atoms with Crippen LogP contribution in [0.25, 0.3) is 0 Å². The average molecular weight is 214 g/mol. The third kappa shape index (κ3) is 1.08. The molecule has 2 aromatic rings. The normalized spacial score (nSPS) is 18.9. The van der Waals surface area contributed by atoms with E-state index in [9.17, 15) is 4.79 Å². The number of para-hydroxylation sites is 1. The van der Waals surface area contributed by atoms with Crippen LogP contribution in [0.3, 0.4) is 0 Å². The Morgan fingerprint density at radius 2 is 2.00 bits per heavy atom. The first-order valence-corrected chi connectivity index (χ1v) is 5.07. The molecule has 0 saturated heterocycles. The molecule has 5 heteroatoms. The van der Waals surface area contributed by atoms with Gasteiger partial charge in [0.15, 0.2) is 0 Å². The van der Waals surface area contributed by atoms with Crippen LogP contribution >= 0.6 is 0 Å². The van der Waals surface area contributed by atoms with Gasteiger partial charge in [-0.15, -0.1) is 10.2 Å². The fourth-order valence-electron chi connectivity index (χ4n) is 1.89. The van der Waals surface area contributed by atoms with Gasteiger partial charge in [-0.3, -0.25) is 9.36 Å². The van der Waals surface area contributed by atoms with Gasteiger partial charge in [0.05, 0.1) is 5.69 Å². The highest BCUT2D eigenvalue weighted by Gasteiger charge is 2.36. The lowest BCUT2D eigenvalue weighted by Crippen LogP contribution is -2.23. The van der Waals surface area contributed by atoms with Gasteiger partial charge in [0.1, 0.15) is 12.4 Å². The first kappa shape index (κ1) is 9.08. The Morgan fingerprint density at radius 1 is 1.25 bits per heavy atom. The van der Waals surface area contributed by atoms with Gasteiger partial charge in [0.25, 0.3) is 5.91 Å². The lowest BCUT2D eigenvalue weighted by atomic mass is 10.2. The Hall–Kier alpha value is -2.17.